The molecule has 0 N–H and O–H groups in total. The van der Waals surface area contributed by atoms with Crippen LogP contribution in [0.3, 0.4) is 0 Å². The first kappa shape index (κ1) is 87.2. The monoisotopic (exact) mass is 1530 g/mol. The zero-order chi connectivity index (χ0) is 82.9. The second kappa shape index (κ2) is 30.8. The highest BCUT2D eigenvalue weighted by molar-refractivity contribution is 6.82. The number of ether oxygens (including phenoxy) is 2. The highest BCUT2D eigenvalue weighted by Crippen LogP contribution is 2.68. The molecule has 12 rings (SSSR count). The lowest BCUT2D eigenvalue weighted by Crippen LogP contribution is -2.46. The molecule has 600 valence electrons. The van der Waals surface area contributed by atoms with Crippen LogP contribution in [0.25, 0.3) is 45.6 Å². The van der Waals surface area contributed by atoms with Crippen molar-refractivity contribution in [2.45, 2.75) is 322 Å². The summed E-state index contributed by atoms with van der Waals surface area (Å²) in [6, 6.07) is 43.2. The summed E-state index contributed by atoms with van der Waals surface area (Å²) in [7, 11) is -0.307. The largest absolute Gasteiger partial charge is 0.496 e. The number of hydrogen-bond donors (Lipinski definition) is 0. The van der Waals surface area contributed by atoms with E-state index < -0.39 is 16.1 Å². The molecule has 10 atom stereocenters. The Labute approximate surface area is 681 Å². The van der Waals surface area contributed by atoms with Gasteiger partial charge in [-0.1, -0.05) is 371 Å². The van der Waals surface area contributed by atoms with Crippen molar-refractivity contribution >= 4 is 39.4 Å². The molecule has 0 amide bonds. The Morgan fingerprint density at radius 1 is 0.378 bits per heavy atom. The van der Waals surface area contributed by atoms with Crippen LogP contribution in [0.15, 0.2) is 155 Å². The van der Waals surface area contributed by atoms with Gasteiger partial charge in [-0.15, -0.1) is 0 Å². The average Bonchev–Trinajstić information content (AvgIpc) is 1.58. The Bertz CT molecular complexity index is 4620. The fraction of sp³-hybridized carbons (Fsp3) is 0.551. The maximum absolute atomic E-state index is 6.49. The van der Waals surface area contributed by atoms with Gasteiger partial charge in [0.2, 0.25) is 0 Å². The lowest BCUT2D eigenvalue weighted by atomic mass is 9.69. The van der Waals surface area contributed by atoms with E-state index in [1.165, 1.54) is 131 Å². The number of rotatable bonds is 10. The van der Waals surface area contributed by atoms with Gasteiger partial charge < -0.3 is 9.47 Å². The summed E-state index contributed by atoms with van der Waals surface area (Å²) in [5, 5.41) is 0. The molecule has 6 aliphatic rings. The van der Waals surface area contributed by atoms with Crippen LogP contribution < -0.4 is 4.74 Å². The highest BCUT2D eigenvalue weighted by atomic mass is 28.3. The molecule has 2 saturated carbocycles. The van der Waals surface area contributed by atoms with E-state index in [0.717, 1.165) is 17.0 Å². The third-order valence-electron chi connectivity index (χ3n) is 27.3. The van der Waals surface area contributed by atoms with Crippen molar-refractivity contribution in [3.05, 3.63) is 227 Å². The van der Waals surface area contributed by atoms with Crippen LogP contribution in [-0.2, 0) is 37.2 Å². The van der Waals surface area contributed by atoms with Crippen LogP contribution in [0.1, 0.15) is 317 Å². The van der Waals surface area contributed by atoms with E-state index in [0.29, 0.717) is 52.1 Å². The molecule has 0 bridgehead atoms. The molecule has 0 radical (unpaired) electrons. The lowest BCUT2D eigenvalue weighted by molar-refractivity contribution is 0.274. The molecule has 6 aromatic rings. The maximum Gasteiger partial charge on any atom is 0.131 e. The minimum Gasteiger partial charge on any atom is -0.496 e. The van der Waals surface area contributed by atoms with Gasteiger partial charge in [0, 0.05) is 27.8 Å². The number of allylic oxidation sites excluding steroid dienone is 9. The molecule has 2 fully saturated rings. The molecule has 2 nitrogen and oxygen atoms in total. The van der Waals surface area contributed by atoms with Crippen LogP contribution in [0.2, 0.25) is 37.3 Å². The Morgan fingerprint density at radius 2 is 0.703 bits per heavy atom. The van der Waals surface area contributed by atoms with Gasteiger partial charge in [-0.2, -0.15) is 0 Å². The highest BCUT2D eigenvalue weighted by Gasteiger charge is 2.60. The molecule has 0 heterocycles. The van der Waals surface area contributed by atoms with Crippen molar-refractivity contribution in [2.75, 3.05) is 14.2 Å². The number of methoxy groups -OCH3 is 2. The average molecular weight is 1530 g/mol. The standard InChI is InChI=1S/C52H76OSi.C52H68OSi.C3H8/c2*1-31-27-38-40(29-42(51(10,11)12)33(3)44(38)34-19-23-36(24-20-34)49(4,5)6)47(31)54(17,18)48-32(2)28-39-41(48)30-43(52(13,14)15)46(53-16)45(39)35-21-25-37(26-22-35)50(7,8)9;1-3-2/h19-26,29-32,38-41,47-48H,27-28H2,1-18H3;19-30,47-48H,1-18H3;3H2,1-2H3. The van der Waals surface area contributed by atoms with Gasteiger partial charge in [-0.25, -0.2) is 0 Å². The molecule has 6 aromatic carbocycles. The molecule has 4 heteroatoms. The van der Waals surface area contributed by atoms with Crippen LogP contribution in [-0.4, -0.2) is 30.4 Å². The fourth-order valence-electron chi connectivity index (χ4n) is 22.5. The normalized spacial score (nSPS) is 23.2. The van der Waals surface area contributed by atoms with Crippen molar-refractivity contribution < 1.29 is 9.47 Å². The summed E-state index contributed by atoms with van der Waals surface area (Å²) in [5.41, 5.74) is 37.0. The van der Waals surface area contributed by atoms with E-state index >= 15 is 0 Å². The second-order valence-corrected chi connectivity index (χ2v) is 54.8. The molecule has 111 heavy (non-hydrogen) atoms. The first-order chi connectivity index (χ1) is 51.0. The van der Waals surface area contributed by atoms with Gasteiger partial charge in [0.25, 0.3) is 0 Å². The van der Waals surface area contributed by atoms with Crippen molar-refractivity contribution in [1.29, 1.82) is 0 Å². The van der Waals surface area contributed by atoms with Gasteiger partial charge in [0.1, 0.15) is 11.5 Å². The number of benzene rings is 6. The van der Waals surface area contributed by atoms with Crippen molar-refractivity contribution in [1.82, 2.24) is 0 Å². The zero-order valence-electron chi connectivity index (χ0n) is 77.4. The summed E-state index contributed by atoms with van der Waals surface area (Å²) in [4.78, 5) is 0. The van der Waals surface area contributed by atoms with Crippen LogP contribution in [0.4, 0.5) is 0 Å². The fourth-order valence-corrected chi connectivity index (χ4v) is 33.7. The van der Waals surface area contributed by atoms with Gasteiger partial charge in [0.05, 0.1) is 30.4 Å². The van der Waals surface area contributed by atoms with Gasteiger partial charge in [-0.3, -0.25) is 0 Å². The Kier molecular flexibility index (Phi) is 24.2. The third kappa shape index (κ3) is 16.7. The minimum atomic E-state index is -2.17. The predicted octanol–water partition coefficient (Wildman–Crippen LogP) is 31.5. The molecule has 10 unspecified atom stereocenters. The van der Waals surface area contributed by atoms with Crippen molar-refractivity contribution in [3.63, 3.8) is 0 Å². The molecule has 0 aliphatic heterocycles. The molecule has 0 saturated heterocycles. The predicted molar refractivity (Wildman–Crippen MR) is 494 cm³/mol. The number of hydrogen-bond acceptors (Lipinski definition) is 2. The van der Waals surface area contributed by atoms with E-state index in [-0.39, 0.29) is 43.3 Å². The first-order valence-electron chi connectivity index (χ1n) is 43.2. The van der Waals surface area contributed by atoms with Crippen LogP contribution in [0, 0.1) is 53.3 Å². The van der Waals surface area contributed by atoms with E-state index in [1.54, 1.807) is 22.3 Å². The molecule has 0 aromatic heterocycles. The minimum absolute atomic E-state index is 0.00574. The topological polar surface area (TPSA) is 18.5 Å². The quantitative estimate of drug-likeness (QED) is 0.127. The molecular formula is C107H152O2Si2. The zero-order valence-corrected chi connectivity index (χ0v) is 79.4. The summed E-state index contributed by atoms with van der Waals surface area (Å²) in [6.45, 7) is 86.5. The molecule has 6 aliphatic carbocycles. The first-order valence-corrected chi connectivity index (χ1v) is 49.5. The van der Waals surface area contributed by atoms with E-state index in [1.807, 2.05) is 14.2 Å². The van der Waals surface area contributed by atoms with Crippen LogP contribution in [0.5, 0.6) is 5.75 Å². The summed E-state index contributed by atoms with van der Waals surface area (Å²) in [6.07, 6.45) is 14.4. The Balaban J connectivity index is 0.000000228. The Hall–Kier alpha value is -6.21. The lowest BCUT2D eigenvalue weighted by Gasteiger charge is -2.47. The van der Waals surface area contributed by atoms with Gasteiger partial charge >= 0.3 is 0 Å². The van der Waals surface area contributed by atoms with E-state index in [4.69, 9.17) is 9.47 Å². The maximum atomic E-state index is 6.49. The number of fused-ring (bicyclic) bond motifs is 4. The molecular weight excluding hydrogens is 1370 g/mol. The molecule has 0 spiro atoms. The SMILES string of the molecule is CCC.COC1=C(c2ccc(C(C)(C)C)cc2)C2CC(C)C([Si](C)(C)C3C(C)CC4C(c5ccc(C(C)(C)C)cc5)=C(C)C(C(C)(C)C)=CC43)C2C=C1C(C)(C)C.COc1c(C(C)(C)C)cc2c(c1-c1ccc(C(C)(C)C)cc1)C=C(C)C2[Si](C)(C)C1C(C)=Cc2c1cc(C(C)(C)C)c(C)c2-c1ccc(C(C)(C)C)cc1. The van der Waals surface area contributed by atoms with Gasteiger partial charge in [0.15, 0.2) is 0 Å². The summed E-state index contributed by atoms with van der Waals surface area (Å²) >= 11 is 0. The van der Waals surface area contributed by atoms with Crippen molar-refractivity contribution in [2.24, 2.45) is 46.3 Å². The smallest absolute Gasteiger partial charge is 0.131 e. The Morgan fingerprint density at radius 3 is 1.05 bits per heavy atom. The van der Waals surface area contributed by atoms with E-state index in [9.17, 15) is 0 Å². The summed E-state index contributed by atoms with van der Waals surface area (Å²) in [5.74, 6) is 5.72. The van der Waals surface area contributed by atoms with Crippen molar-refractivity contribution in [3.8, 4) is 28.0 Å². The summed E-state index contributed by atoms with van der Waals surface area (Å²) < 4.78 is 12.9. The third-order valence-corrected chi connectivity index (χ3v) is 37.2. The van der Waals surface area contributed by atoms with E-state index in [2.05, 4.69) is 381 Å². The van der Waals surface area contributed by atoms with Crippen LogP contribution >= 0.6 is 0 Å². The second-order valence-electron chi connectivity index (χ2n) is 45.1. The van der Waals surface area contributed by atoms with Gasteiger partial charge in [-0.05, 0) is 236 Å².